The number of unbranched alkanes of at least 4 members (excludes halogenated alkanes) is 10. The lowest BCUT2D eigenvalue weighted by atomic mass is 9.74. The molecule has 0 aromatic carbocycles. The van der Waals surface area contributed by atoms with Crippen molar-refractivity contribution in [2.75, 3.05) is 0 Å². The first kappa shape index (κ1) is 24.9. The average molecular weight is 371 g/mol. The van der Waals surface area contributed by atoms with Crippen LogP contribution in [0, 0.1) is 5.41 Å². The van der Waals surface area contributed by atoms with Crippen molar-refractivity contribution < 1.29 is 19.8 Å². The third-order valence-corrected chi connectivity index (χ3v) is 5.52. The van der Waals surface area contributed by atoms with Crippen molar-refractivity contribution >= 4 is 11.9 Å². The van der Waals surface area contributed by atoms with Gasteiger partial charge in [0.15, 0.2) is 0 Å². The third kappa shape index (κ3) is 12.3. The zero-order valence-corrected chi connectivity index (χ0v) is 17.2. The number of carboxylic acids is 2. The fourth-order valence-electron chi connectivity index (χ4n) is 3.76. The molecule has 0 aliphatic carbocycles. The second-order valence-corrected chi connectivity index (χ2v) is 7.87. The molecule has 0 amide bonds. The molecular formula is C22H42O4. The molecule has 0 spiro atoms. The Morgan fingerprint density at radius 2 is 1.00 bits per heavy atom. The summed E-state index contributed by atoms with van der Waals surface area (Å²) in [6.45, 7) is 4.39. The molecule has 0 unspecified atom stereocenters. The quantitative estimate of drug-likeness (QED) is 0.245. The molecule has 0 aromatic rings. The smallest absolute Gasteiger partial charge is 0.309 e. The molecule has 0 saturated heterocycles. The van der Waals surface area contributed by atoms with E-state index in [9.17, 15) is 14.7 Å². The Morgan fingerprint density at radius 1 is 0.615 bits per heavy atom. The van der Waals surface area contributed by atoms with Gasteiger partial charge >= 0.3 is 11.9 Å². The van der Waals surface area contributed by atoms with Crippen LogP contribution in [0.25, 0.3) is 0 Å². The summed E-state index contributed by atoms with van der Waals surface area (Å²) >= 11 is 0. The van der Waals surface area contributed by atoms with Gasteiger partial charge in [-0.3, -0.25) is 9.59 Å². The van der Waals surface area contributed by atoms with E-state index in [-0.39, 0.29) is 6.42 Å². The van der Waals surface area contributed by atoms with Gasteiger partial charge in [0.2, 0.25) is 0 Å². The molecule has 4 heteroatoms. The number of aliphatic carboxylic acids is 2. The average Bonchev–Trinajstić information content (AvgIpc) is 2.59. The van der Waals surface area contributed by atoms with E-state index < -0.39 is 17.4 Å². The molecule has 0 heterocycles. The Morgan fingerprint density at radius 3 is 1.38 bits per heavy atom. The third-order valence-electron chi connectivity index (χ3n) is 5.52. The van der Waals surface area contributed by atoms with Gasteiger partial charge in [-0.2, -0.15) is 0 Å². The molecule has 0 aliphatic rings. The van der Waals surface area contributed by atoms with Gasteiger partial charge in [-0.15, -0.1) is 0 Å². The van der Waals surface area contributed by atoms with Gasteiger partial charge < -0.3 is 10.2 Å². The van der Waals surface area contributed by atoms with Crippen molar-refractivity contribution in [2.24, 2.45) is 5.41 Å². The summed E-state index contributed by atoms with van der Waals surface area (Å²) in [5.74, 6) is -1.55. The van der Waals surface area contributed by atoms with Gasteiger partial charge in [0.25, 0.3) is 0 Å². The largest absolute Gasteiger partial charge is 0.481 e. The summed E-state index contributed by atoms with van der Waals surface area (Å²) in [6.07, 6.45) is 16.2. The van der Waals surface area contributed by atoms with Crippen LogP contribution < -0.4 is 0 Å². The lowest BCUT2D eigenvalue weighted by Crippen LogP contribution is -2.31. The minimum atomic E-state index is -0.830. The lowest BCUT2D eigenvalue weighted by Gasteiger charge is -2.30. The zero-order valence-electron chi connectivity index (χ0n) is 17.2. The highest BCUT2D eigenvalue weighted by atomic mass is 16.4. The summed E-state index contributed by atoms with van der Waals surface area (Å²) in [5.41, 5.74) is -0.717. The van der Waals surface area contributed by atoms with Crippen molar-refractivity contribution in [1.29, 1.82) is 0 Å². The van der Waals surface area contributed by atoms with Gasteiger partial charge in [0.05, 0.1) is 5.41 Å². The maximum atomic E-state index is 12.1. The summed E-state index contributed by atoms with van der Waals surface area (Å²) in [6, 6.07) is 0. The lowest BCUT2D eigenvalue weighted by molar-refractivity contribution is -0.151. The highest BCUT2D eigenvalue weighted by molar-refractivity contribution is 5.74. The number of carboxylic acid groups (broad SMARTS) is 2. The van der Waals surface area contributed by atoms with E-state index in [2.05, 4.69) is 13.8 Å². The minimum Gasteiger partial charge on any atom is -0.481 e. The van der Waals surface area contributed by atoms with Crippen LogP contribution in [0.3, 0.4) is 0 Å². The highest BCUT2D eigenvalue weighted by Crippen LogP contribution is 2.37. The van der Waals surface area contributed by atoms with E-state index in [4.69, 9.17) is 5.11 Å². The Kier molecular flexibility index (Phi) is 15.5. The fraction of sp³-hybridized carbons (Fsp3) is 0.909. The molecule has 26 heavy (non-hydrogen) atoms. The first-order valence-electron chi connectivity index (χ1n) is 10.9. The SMILES string of the molecule is CCCCCCCCC(CCCCCCCC)(CCCC(=O)O)C(=O)O. The van der Waals surface area contributed by atoms with Crippen molar-refractivity contribution in [1.82, 2.24) is 0 Å². The Bertz CT molecular complexity index is 349. The van der Waals surface area contributed by atoms with Crippen LogP contribution in [0.15, 0.2) is 0 Å². The molecule has 0 saturated carbocycles. The standard InChI is InChI=1S/C22H42O4/c1-3-5-7-9-11-13-17-22(21(25)26,19-15-16-20(23)24)18-14-12-10-8-6-4-2/h3-19H2,1-2H3,(H,23,24)(H,25,26). The Hall–Kier alpha value is -1.06. The maximum Gasteiger partial charge on any atom is 0.309 e. The van der Waals surface area contributed by atoms with Crippen LogP contribution in [0.1, 0.15) is 123 Å². The normalized spacial score (nSPS) is 11.6. The fourth-order valence-corrected chi connectivity index (χ4v) is 3.76. The summed E-state index contributed by atoms with van der Waals surface area (Å²) in [4.78, 5) is 22.9. The van der Waals surface area contributed by atoms with Crippen molar-refractivity contribution in [3.63, 3.8) is 0 Å². The molecule has 0 fully saturated rings. The molecule has 0 radical (unpaired) electrons. The van der Waals surface area contributed by atoms with Crippen LogP contribution in [-0.4, -0.2) is 22.2 Å². The molecule has 0 atom stereocenters. The maximum absolute atomic E-state index is 12.1. The summed E-state index contributed by atoms with van der Waals surface area (Å²) in [5, 5.41) is 18.8. The van der Waals surface area contributed by atoms with Gasteiger partial charge in [-0.05, 0) is 25.7 Å². The van der Waals surface area contributed by atoms with Crippen LogP contribution >= 0.6 is 0 Å². The van der Waals surface area contributed by atoms with Crippen LogP contribution in [0.4, 0.5) is 0 Å². The minimum absolute atomic E-state index is 0.0715. The highest BCUT2D eigenvalue weighted by Gasteiger charge is 2.36. The van der Waals surface area contributed by atoms with Gasteiger partial charge in [-0.1, -0.05) is 90.9 Å². The molecule has 0 aliphatic heterocycles. The van der Waals surface area contributed by atoms with Gasteiger partial charge in [0.1, 0.15) is 0 Å². The van der Waals surface area contributed by atoms with Crippen LogP contribution in [0.2, 0.25) is 0 Å². The van der Waals surface area contributed by atoms with Crippen LogP contribution in [0.5, 0.6) is 0 Å². The van der Waals surface area contributed by atoms with E-state index in [1.165, 1.54) is 51.4 Å². The summed E-state index contributed by atoms with van der Waals surface area (Å²) < 4.78 is 0. The van der Waals surface area contributed by atoms with Gasteiger partial charge in [0, 0.05) is 6.42 Å². The molecule has 154 valence electrons. The Labute approximate surface area is 160 Å². The van der Waals surface area contributed by atoms with Gasteiger partial charge in [-0.25, -0.2) is 0 Å². The Balaban J connectivity index is 4.52. The summed E-state index contributed by atoms with van der Waals surface area (Å²) in [7, 11) is 0. The van der Waals surface area contributed by atoms with Crippen LogP contribution in [-0.2, 0) is 9.59 Å². The number of hydrogen-bond acceptors (Lipinski definition) is 2. The molecular weight excluding hydrogens is 328 g/mol. The predicted molar refractivity (Wildman–Crippen MR) is 108 cm³/mol. The number of hydrogen-bond donors (Lipinski definition) is 2. The van der Waals surface area contributed by atoms with E-state index >= 15 is 0 Å². The van der Waals surface area contributed by atoms with E-state index in [0.29, 0.717) is 25.7 Å². The molecule has 0 bridgehead atoms. The topological polar surface area (TPSA) is 74.6 Å². The van der Waals surface area contributed by atoms with E-state index in [1.54, 1.807) is 0 Å². The second-order valence-electron chi connectivity index (χ2n) is 7.87. The monoisotopic (exact) mass is 370 g/mol. The van der Waals surface area contributed by atoms with Crippen molar-refractivity contribution in [3.8, 4) is 0 Å². The van der Waals surface area contributed by atoms with E-state index in [1.807, 2.05) is 0 Å². The van der Waals surface area contributed by atoms with E-state index in [0.717, 1.165) is 25.7 Å². The number of rotatable bonds is 19. The molecule has 0 rings (SSSR count). The first-order chi connectivity index (χ1) is 12.5. The molecule has 2 N–H and O–H groups in total. The molecule has 0 aromatic heterocycles. The number of carbonyl (C=O) groups is 2. The first-order valence-corrected chi connectivity index (χ1v) is 10.9. The molecule has 4 nitrogen and oxygen atoms in total. The van der Waals surface area contributed by atoms with Crippen molar-refractivity contribution in [3.05, 3.63) is 0 Å². The second kappa shape index (κ2) is 16.1. The zero-order chi connectivity index (χ0) is 19.7. The predicted octanol–water partition coefficient (Wildman–Crippen LogP) is 6.81. The van der Waals surface area contributed by atoms with Crippen molar-refractivity contribution in [2.45, 2.75) is 123 Å².